The van der Waals surface area contributed by atoms with Crippen molar-refractivity contribution in [3.63, 3.8) is 0 Å². The highest BCUT2D eigenvalue weighted by Gasteiger charge is 2.56. The lowest BCUT2D eigenvalue weighted by atomic mass is 9.58. The number of halogens is 1. The van der Waals surface area contributed by atoms with E-state index in [0.717, 1.165) is 49.1 Å². The molecule has 2 atom stereocenters. The molecule has 2 heterocycles. The lowest BCUT2D eigenvalue weighted by molar-refractivity contribution is -0.199. The van der Waals surface area contributed by atoms with Gasteiger partial charge in [-0.3, -0.25) is 4.98 Å². The molecule has 5 heteroatoms. The van der Waals surface area contributed by atoms with E-state index in [4.69, 9.17) is 4.74 Å². The summed E-state index contributed by atoms with van der Waals surface area (Å²) >= 11 is 3.47. The van der Waals surface area contributed by atoms with Gasteiger partial charge in [0, 0.05) is 42.2 Å². The summed E-state index contributed by atoms with van der Waals surface area (Å²) in [5, 5.41) is 10.2. The lowest BCUT2D eigenvalue weighted by Crippen LogP contribution is -2.62. The first-order valence-corrected chi connectivity index (χ1v) is 8.10. The Labute approximate surface area is 128 Å². The number of aliphatic hydroxyl groups excluding tert-OH is 1. The predicted octanol–water partition coefficient (Wildman–Crippen LogP) is 2.60. The molecule has 0 amide bonds. The summed E-state index contributed by atoms with van der Waals surface area (Å²) in [5.41, 5.74) is 1.14. The zero-order chi connectivity index (χ0) is 14.2. The molecule has 2 aliphatic rings. The SMILES string of the molecule is CCO[C@H]1C[C@@H](O)C12CCN(c1cncc(Br)c1)CC2. The number of piperidine rings is 1. The molecule has 0 unspecified atom stereocenters. The average molecular weight is 341 g/mol. The molecule has 4 nitrogen and oxygen atoms in total. The van der Waals surface area contributed by atoms with Gasteiger partial charge in [0.25, 0.3) is 0 Å². The summed E-state index contributed by atoms with van der Waals surface area (Å²) in [6.45, 7) is 4.68. The second kappa shape index (κ2) is 5.62. The first-order valence-electron chi connectivity index (χ1n) is 7.31. The highest BCUT2D eigenvalue weighted by atomic mass is 79.9. The quantitative estimate of drug-likeness (QED) is 0.918. The van der Waals surface area contributed by atoms with E-state index < -0.39 is 0 Å². The summed E-state index contributed by atoms with van der Waals surface area (Å²) in [4.78, 5) is 6.57. The van der Waals surface area contributed by atoms with Gasteiger partial charge in [0.2, 0.25) is 0 Å². The van der Waals surface area contributed by atoms with Crippen LogP contribution in [-0.2, 0) is 4.74 Å². The van der Waals surface area contributed by atoms with Crippen molar-refractivity contribution in [2.45, 2.75) is 38.4 Å². The standard InChI is InChI=1S/C15H21BrN2O2/c1-2-20-14-8-13(19)15(14)3-5-18(6-4-15)12-7-11(16)9-17-10-12/h7,9-10,13-14,19H,2-6,8H2,1H3/t13-,14+/m1/s1. The number of hydrogen-bond donors (Lipinski definition) is 1. The van der Waals surface area contributed by atoms with Crippen LogP contribution in [0.3, 0.4) is 0 Å². The molecule has 3 rings (SSSR count). The van der Waals surface area contributed by atoms with Crippen molar-refractivity contribution in [1.82, 2.24) is 4.98 Å². The van der Waals surface area contributed by atoms with Crippen LogP contribution in [0, 0.1) is 5.41 Å². The minimum Gasteiger partial charge on any atom is -0.392 e. The number of hydrogen-bond acceptors (Lipinski definition) is 4. The van der Waals surface area contributed by atoms with E-state index in [9.17, 15) is 5.11 Å². The third-order valence-corrected chi connectivity index (χ3v) is 5.29. The summed E-state index contributed by atoms with van der Waals surface area (Å²) < 4.78 is 6.81. The van der Waals surface area contributed by atoms with E-state index in [1.54, 1.807) is 6.20 Å². The topological polar surface area (TPSA) is 45.6 Å². The first kappa shape index (κ1) is 14.3. The molecule has 1 N–H and O–H groups in total. The number of rotatable bonds is 3. The van der Waals surface area contributed by atoms with E-state index in [-0.39, 0.29) is 17.6 Å². The highest BCUT2D eigenvalue weighted by Crippen LogP contribution is 2.51. The van der Waals surface area contributed by atoms with Gasteiger partial charge < -0.3 is 14.7 Å². The average Bonchev–Trinajstić information content (AvgIpc) is 2.47. The zero-order valence-electron chi connectivity index (χ0n) is 11.8. The van der Waals surface area contributed by atoms with Crippen molar-refractivity contribution in [2.24, 2.45) is 5.41 Å². The van der Waals surface area contributed by atoms with Crippen molar-refractivity contribution in [1.29, 1.82) is 0 Å². The normalized spacial score (nSPS) is 28.4. The van der Waals surface area contributed by atoms with Gasteiger partial charge in [-0.2, -0.15) is 0 Å². The Morgan fingerprint density at radius 3 is 2.80 bits per heavy atom. The van der Waals surface area contributed by atoms with E-state index >= 15 is 0 Å². The number of aromatic nitrogens is 1. The molecule has 0 radical (unpaired) electrons. The first-order chi connectivity index (χ1) is 9.65. The molecule has 2 fully saturated rings. The number of aliphatic hydroxyl groups is 1. The van der Waals surface area contributed by atoms with E-state index in [0.29, 0.717) is 0 Å². The fourth-order valence-electron chi connectivity index (χ4n) is 3.57. The van der Waals surface area contributed by atoms with Crippen LogP contribution in [0.25, 0.3) is 0 Å². The van der Waals surface area contributed by atoms with Crippen molar-refractivity contribution >= 4 is 21.6 Å². The van der Waals surface area contributed by atoms with E-state index in [2.05, 4.69) is 31.9 Å². The minimum atomic E-state index is -0.193. The molecular formula is C15H21BrN2O2. The van der Waals surface area contributed by atoms with Gasteiger partial charge in [0.1, 0.15) is 0 Å². The van der Waals surface area contributed by atoms with Gasteiger partial charge in [-0.05, 0) is 41.8 Å². The molecule has 20 heavy (non-hydrogen) atoms. The maximum atomic E-state index is 10.2. The molecule has 1 saturated carbocycles. The maximum absolute atomic E-state index is 10.2. The summed E-state index contributed by atoms with van der Waals surface area (Å²) in [6.07, 6.45) is 6.53. The van der Waals surface area contributed by atoms with Crippen LogP contribution in [0.5, 0.6) is 0 Å². The Bertz CT molecular complexity index is 473. The smallest absolute Gasteiger partial charge is 0.0682 e. The van der Waals surface area contributed by atoms with Gasteiger partial charge in [-0.1, -0.05) is 0 Å². The Balaban J connectivity index is 1.67. The third-order valence-electron chi connectivity index (χ3n) is 4.86. The number of anilines is 1. The van der Waals surface area contributed by atoms with Crippen molar-refractivity contribution in [3.05, 3.63) is 22.9 Å². The van der Waals surface area contributed by atoms with Crippen LogP contribution in [0.2, 0.25) is 0 Å². The molecule has 1 aliphatic carbocycles. The molecule has 1 saturated heterocycles. The van der Waals surface area contributed by atoms with Crippen molar-refractivity contribution < 1.29 is 9.84 Å². The fraction of sp³-hybridized carbons (Fsp3) is 0.667. The van der Waals surface area contributed by atoms with E-state index in [1.165, 1.54) is 0 Å². The van der Waals surface area contributed by atoms with Crippen LogP contribution in [-0.4, -0.2) is 42.0 Å². The number of ether oxygens (including phenoxy) is 1. The molecular weight excluding hydrogens is 320 g/mol. The highest BCUT2D eigenvalue weighted by molar-refractivity contribution is 9.10. The van der Waals surface area contributed by atoms with Crippen molar-refractivity contribution in [2.75, 3.05) is 24.6 Å². The molecule has 1 aromatic heterocycles. The van der Waals surface area contributed by atoms with E-state index in [1.807, 2.05) is 13.1 Å². The number of pyridine rings is 1. The fourth-order valence-corrected chi connectivity index (χ4v) is 3.92. The Hall–Kier alpha value is -0.650. The monoisotopic (exact) mass is 340 g/mol. The summed E-state index contributed by atoms with van der Waals surface area (Å²) in [5.74, 6) is 0. The third kappa shape index (κ3) is 2.36. The molecule has 0 aromatic carbocycles. The molecule has 0 bridgehead atoms. The predicted molar refractivity (Wildman–Crippen MR) is 81.9 cm³/mol. The van der Waals surface area contributed by atoms with Crippen LogP contribution in [0.4, 0.5) is 5.69 Å². The van der Waals surface area contributed by atoms with Gasteiger partial charge in [-0.25, -0.2) is 0 Å². The molecule has 110 valence electrons. The second-order valence-electron chi connectivity index (χ2n) is 5.78. The largest absolute Gasteiger partial charge is 0.392 e. The van der Waals surface area contributed by atoms with Crippen LogP contribution >= 0.6 is 15.9 Å². The zero-order valence-corrected chi connectivity index (χ0v) is 13.3. The number of nitrogens with zero attached hydrogens (tertiary/aromatic N) is 2. The molecule has 1 aromatic rings. The Morgan fingerprint density at radius 2 is 2.20 bits per heavy atom. The molecule has 1 spiro atoms. The Morgan fingerprint density at radius 1 is 1.45 bits per heavy atom. The van der Waals surface area contributed by atoms with Crippen LogP contribution in [0.1, 0.15) is 26.2 Å². The molecule has 1 aliphatic heterocycles. The van der Waals surface area contributed by atoms with Gasteiger partial charge in [-0.15, -0.1) is 0 Å². The van der Waals surface area contributed by atoms with Gasteiger partial charge >= 0.3 is 0 Å². The van der Waals surface area contributed by atoms with Crippen molar-refractivity contribution in [3.8, 4) is 0 Å². The van der Waals surface area contributed by atoms with Crippen LogP contribution in [0.15, 0.2) is 22.9 Å². The second-order valence-corrected chi connectivity index (χ2v) is 6.69. The van der Waals surface area contributed by atoms with Gasteiger partial charge in [0.15, 0.2) is 0 Å². The lowest BCUT2D eigenvalue weighted by Gasteiger charge is -2.56. The van der Waals surface area contributed by atoms with Crippen LogP contribution < -0.4 is 4.90 Å². The van der Waals surface area contributed by atoms with Gasteiger partial charge in [0.05, 0.1) is 24.1 Å². The summed E-state index contributed by atoms with van der Waals surface area (Å²) in [7, 11) is 0. The maximum Gasteiger partial charge on any atom is 0.0682 e. The summed E-state index contributed by atoms with van der Waals surface area (Å²) in [6, 6.07) is 2.10. The minimum absolute atomic E-state index is 0.00799. The Kier molecular flexibility index (Phi) is 4.02.